The molecule has 2 atom stereocenters. The van der Waals surface area contributed by atoms with Gasteiger partial charge in [0.05, 0.1) is 0 Å². The molecule has 13 heavy (non-hydrogen) atoms. The molecule has 3 N–H and O–H groups in total. The van der Waals surface area contributed by atoms with Gasteiger partial charge < -0.3 is 11.1 Å². The first-order valence-electron chi connectivity index (χ1n) is 5.01. The summed E-state index contributed by atoms with van der Waals surface area (Å²) in [6, 6.07) is 1.16. The highest BCUT2D eigenvalue weighted by molar-refractivity contribution is 8.00. The monoisotopic (exact) mass is 218 g/mol. The average molecular weight is 218 g/mol. The summed E-state index contributed by atoms with van der Waals surface area (Å²) in [5.41, 5.74) is 5.74. The smallest absolute Gasteiger partial charge is 0.0334 e. The Bertz CT molecular complexity index is 169. The van der Waals surface area contributed by atoms with Crippen LogP contribution in [0.2, 0.25) is 0 Å². The van der Waals surface area contributed by atoms with Crippen molar-refractivity contribution in [3.8, 4) is 0 Å². The van der Waals surface area contributed by atoms with E-state index >= 15 is 0 Å². The summed E-state index contributed by atoms with van der Waals surface area (Å²) in [5.74, 6) is 3.19. The molecule has 0 aromatic rings. The molecule has 0 aromatic heterocycles. The van der Waals surface area contributed by atoms with Gasteiger partial charge in [0.15, 0.2) is 0 Å². The van der Waals surface area contributed by atoms with E-state index in [0.717, 1.165) is 16.9 Å². The second-order valence-electron chi connectivity index (χ2n) is 4.17. The fraction of sp³-hybridized carbons (Fsp3) is 1.00. The van der Waals surface area contributed by atoms with Gasteiger partial charge in [-0.05, 0) is 24.5 Å². The predicted octanol–water partition coefficient (Wildman–Crippen LogP) is 0.727. The first kappa shape index (κ1) is 10.1. The Morgan fingerprint density at radius 2 is 2.23 bits per heavy atom. The van der Waals surface area contributed by atoms with E-state index in [1.54, 1.807) is 0 Å². The highest BCUT2D eigenvalue weighted by Crippen LogP contribution is 2.32. The average Bonchev–Trinajstić information content (AvgIpc) is 2.00. The lowest BCUT2D eigenvalue weighted by Gasteiger charge is -2.39. The molecule has 2 nitrogen and oxygen atoms in total. The zero-order valence-electron chi connectivity index (χ0n) is 7.78. The van der Waals surface area contributed by atoms with E-state index in [-0.39, 0.29) is 0 Å². The van der Waals surface area contributed by atoms with Crippen LogP contribution in [0, 0.1) is 5.92 Å². The Morgan fingerprint density at radius 3 is 2.69 bits per heavy atom. The maximum atomic E-state index is 5.74. The van der Waals surface area contributed by atoms with E-state index < -0.39 is 0 Å². The summed E-state index contributed by atoms with van der Waals surface area (Å²) < 4.78 is 0. The second kappa shape index (κ2) is 4.43. The minimum atomic E-state index is 0.505. The van der Waals surface area contributed by atoms with Crippen molar-refractivity contribution in [1.29, 1.82) is 0 Å². The van der Waals surface area contributed by atoms with Gasteiger partial charge in [0.25, 0.3) is 0 Å². The lowest BCUT2D eigenvalue weighted by Crippen LogP contribution is -2.57. The zero-order valence-corrected chi connectivity index (χ0v) is 9.49. The minimum absolute atomic E-state index is 0.505. The van der Waals surface area contributed by atoms with Crippen molar-refractivity contribution in [2.24, 2.45) is 11.7 Å². The third kappa shape index (κ3) is 2.35. The number of nitrogens with two attached hydrogens (primary N) is 1. The molecule has 2 fully saturated rings. The molecule has 2 aliphatic rings. The molecule has 0 radical (unpaired) electrons. The van der Waals surface area contributed by atoms with Crippen LogP contribution in [0.3, 0.4) is 0 Å². The number of nitrogens with one attached hydrogen (secondary N) is 1. The van der Waals surface area contributed by atoms with E-state index in [0.29, 0.717) is 12.1 Å². The zero-order chi connectivity index (χ0) is 9.26. The molecule has 4 heteroatoms. The first-order valence-corrected chi connectivity index (χ1v) is 6.69. The van der Waals surface area contributed by atoms with Crippen LogP contribution in [-0.2, 0) is 0 Å². The molecule has 1 aliphatic carbocycles. The largest absolute Gasteiger partial charge is 0.328 e. The summed E-state index contributed by atoms with van der Waals surface area (Å²) in [5, 5.41) is 4.21. The van der Waals surface area contributed by atoms with Crippen LogP contribution in [0.15, 0.2) is 0 Å². The van der Waals surface area contributed by atoms with Crippen LogP contribution in [-0.4, -0.2) is 35.4 Å². The standard InChI is InChI=1S/C9H18N2S2/c10-7-1-6(2-7)5-13-9-3-11-8(9)4-12/h6-9,11-12H,1-5,10H2. The molecule has 0 spiro atoms. The fourth-order valence-electron chi connectivity index (χ4n) is 1.92. The van der Waals surface area contributed by atoms with E-state index in [4.69, 9.17) is 5.73 Å². The summed E-state index contributed by atoms with van der Waals surface area (Å²) in [7, 11) is 0. The van der Waals surface area contributed by atoms with Crippen molar-refractivity contribution >= 4 is 24.4 Å². The topological polar surface area (TPSA) is 38.0 Å². The molecule has 2 unspecified atom stereocenters. The molecule has 1 saturated heterocycles. The molecule has 1 aliphatic heterocycles. The van der Waals surface area contributed by atoms with Crippen molar-refractivity contribution in [2.45, 2.75) is 30.2 Å². The number of thiol groups is 1. The molecule has 76 valence electrons. The number of hydrogen-bond donors (Lipinski definition) is 3. The van der Waals surface area contributed by atoms with Gasteiger partial charge in [-0.3, -0.25) is 0 Å². The van der Waals surface area contributed by atoms with Crippen molar-refractivity contribution < 1.29 is 0 Å². The van der Waals surface area contributed by atoms with Gasteiger partial charge in [0, 0.05) is 29.6 Å². The van der Waals surface area contributed by atoms with Crippen LogP contribution in [0.1, 0.15) is 12.8 Å². The molecule has 0 amide bonds. The van der Waals surface area contributed by atoms with Crippen LogP contribution >= 0.6 is 24.4 Å². The van der Waals surface area contributed by atoms with Crippen molar-refractivity contribution in [3.05, 3.63) is 0 Å². The Kier molecular flexibility index (Phi) is 3.46. The Morgan fingerprint density at radius 1 is 1.46 bits per heavy atom. The second-order valence-corrected chi connectivity index (χ2v) is 5.80. The van der Waals surface area contributed by atoms with Crippen molar-refractivity contribution in [2.75, 3.05) is 18.1 Å². The van der Waals surface area contributed by atoms with Gasteiger partial charge in [0.1, 0.15) is 0 Å². The van der Waals surface area contributed by atoms with E-state index in [1.165, 1.54) is 25.1 Å². The Labute approximate surface area is 89.8 Å². The Hall–Kier alpha value is 0.620. The number of thioether (sulfide) groups is 1. The van der Waals surface area contributed by atoms with Crippen molar-refractivity contribution in [1.82, 2.24) is 5.32 Å². The van der Waals surface area contributed by atoms with Gasteiger partial charge in [-0.15, -0.1) is 0 Å². The molecule has 1 saturated carbocycles. The highest BCUT2D eigenvalue weighted by Gasteiger charge is 2.32. The predicted molar refractivity (Wildman–Crippen MR) is 62.6 cm³/mol. The maximum Gasteiger partial charge on any atom is 0.0334 e. The molecule has 0 aromatic carbocycles. The van der Waals surface area contributed by atoms with Crippen LogP contribution in [0.4, 0.5) is 0 Å². The number of rotatable bonds is 4. The molecule has 2 rings (SSSR count). The molecule has 0 bridgehead atoms. The van der Waals surface area contributed by atoms with E-state index in [2.05, 4.69) is 29.7 Å². The van der Waals surface area contributed by atoms with Crippen LogP contribution in [0.25, 0.3) is 0 Å². The summed E-state index contributed by atoms with van der Waals surface area (Å²) >= 11 is 6.42. The highest BCUT2D eigenvalue weighted by atomic mass is 32.2. The van der Waals surface area contributed by atoms with Gasteiger partial charge in [0.2, 0.25) is 0 Å². The molecular weight excluding hydrogens is 200 g/mol. The van der Waals surface area contributed by atoms with Gasteiger partial charge in [-0.25, -0.2) is 0 Å². The summed E-state index contributed by atoms with van der Waals surface area (Å²) in [6.07, 6.45) is 2.50. The fourth-order valence-corrected chi connectivity index (χ4v) is 3.88. The van der Waals surface area contributed by atoms with E-state index in [1.807, 2.05) is 0 Å². The third-order valence-electron chi connectivity index (χ3n) is 3.04. The van der Waals surface area contributed by atoms with Crippen LogP contribution < -0.4 is 11.1 Å². The summed E-state index contributed by atoms with van der Waals surface area (Å²) in [4.78, 5) is 0. The first-order chi connectivity index (χ1) is 6.29. The SMILES string of the molecule is NC1CC(CSC2CNC2CS)C1. The van der Waals surface area contributed by atoms with E-state index in [9.17, 15) is 0 Å². The molecule has 1 heterocycles. The summed E-state index contributed by atoms with van der Waals surface area (Å²) in [6.45, 7) is 1.18. The molecular formula is C9H18N2S2. The van der Waals surface area contributed by atoms with Gasteiger partial charge in [-0.2, -0.15) is 24.4 Å². The number of hydrogen-bond acceptors (Lipinski definition) is 4. The third-order valence-corrected chi connectivity index (χ3v) is 5.03. The normalized spacial score (nSPS) is 43.8. The van der Waals surface area contributed by atoms with Gasteiger partial charge >= 0.3 is 0 Å². The lowest BCUT2D eigenvalue weighted by molar-refractivity contribution is 0.294. The maximum absolute atomic E-state index is 5.74. The minimum Gasteiger partial charge on any atom is -0.328 e. The van der Waals surface area contributed by atoms with Crippen LogP contribution in [0.5, 0.6) is 0 Å². The van der Waals surface area contributed by atoms with Gasteiger partial charge in [-0.1, -0.05) is 0 Å². The quantitative estimate of drug-likeness (QED) is 0.609. The lowest BCUT2D eigenvalue weighted by atomic mass is 9.82. The Balaban J connectivity index is 1.58. The van der Waals surface area contributed by atoms with Crippen molar-refractivity contribution in [3.63, 3.8) is 0 Å².